The molecule has 4 aromatic carbocycles. The third-order valence-corrected chi connectivity index (χ3v) is 8.36. The van der Waals surface area contributed by atoms with E-state index in [4.69, 9.17) is 9.47 Å². The maximum Gasteiger partial charge on any atom is 0.345 e. The van der Waals surface area contributed by atoms with Gasteiger partial charge in [-0.25, -0.2) is 9.18 Å². The summed E-state index contributed by atoms with van der Waals surface area (Å²) in [4.78, 5) is 26.5. The van der Waals surface area contributed by atoms with Crippen molar-refractivity contribution in [1.29, 1.82) is 0 Å². The quantitative estimate of drug-likeness (QED) is 0.142. The lowest BCUT2D eigenvalue weighted by Gasteiger charge is -2.25. The van der Waals surface area contributed by atoms with Gasteiger partial charge in [0.15, 0.2) is 20.9 Å². The van der Waals surface area contributed by atoms with E-state index in [0.29, 0.717) is 11.3 Å². The lowest BCUT2D eigenvalue weighted by Crippen LogP contribution is -2.28. The summed E-state index contributed by atoms with van der Waals surface area (Å²) in [5, 5.41) is 1.46. The minimum Gasteiger partial charge on any atom is -0.482 e. The molecule has 0 fully saturated rings. The standard InChI is InChI=1S/C30H24FO4S/c1-30(2,20-11-13-21(31)14-12-20)35-28(32)19-34-22-15-17-23(18-16-22)36-26-9-5-3-7-24(26)29(33)25-8-4-6-10-27(25)36/h3-18H,19H2,1-2H3/q+1. The van der Waals surface area contributed by atoms with Gasteiger partial charge in [-0.15, -0.1) is 0 Å². The molecule has 0 aliphatic carbocycles. The van der Waals surface area contributed by atoms with Gasteiger partial charge in [-0.05, 0) is 67.9 Å². The van der Waals surface area contributed by atoms with E-state index in [2.05, 4.69) is 0 Å². The van der Waals surface area contributed by atoms with Gasteiger partial charge in [0.1, 0.15) is 17.2 Å². The summed E-state index contributed by atoms with van der Waals surface area (Å²) in [5.41, 5.74) is -0.181. The topological polar surface area (TPSA) is 52.6 Å². The predicted octanol–water partition coefficient (Wildman–Crippen LogP) is 7.09. The third-order valence-electron chi connectivity index (χ3n) is 6.03. The smallest absolute Gasteiger partial charge is 0.345 e. The molecule has 0 spiro atoms. The van der Waals surface area contributed by atoms with Crippen LogP contribution in [0.25, 0.3) is 25.1 Å². The molecule has 0 unspecified atom stereocenters. The largest absolute Gasteiger partial charge is 0.482 e. The molecule has 180 valence electrons. The lowest BCUT2D eigenvalue weighted by molar-refractivity contribution is -0.159. The summed E-state index contributed by atoms with van der Waals surface area (Å²) in [5.74, 6) is -0.336. The number of carbonyl (C=O) groups excluding carboxylic acids is 1. The number of hydrogen-bond acceptors (Lipinski definition) is 4. The number of rotatable bonds is 6. The highest BCUT2D eigenvalue weighted by Crippen LogP contribution is 2.43. The molecular weight excluding hydrogens is 475 g/mol. The summed E-state index contributed by atoms with van der Waals surface area (Å²) >= 11 is 0. The van der Waals surface area contributed by atoms with Crippen molar-refractivity contribution in [2.75, 3.05) is 6.61 Å². The Hall–Kier alpha value is -4.03. The predicted molar refractivity (Wildman–Crippen MR) is 143 cm³/mol. The first-order chi connectivity index (χ1) is 17.3. The van der Waals surface area contributed by atoms with E-state index >= 15 is 0 Å². The van der Waals surface area contributed by atoms with E-state index in [1.807, 2.05) is 72.8 Å². The fourth-order valence-corrected chi connectivity index (χ4v) is 6.56. The zero-order chi connectivity index (χ0) is 25.3. The van der Waals surface area contributed by atoms with E-state index < -0.39 is 22.0 Å². The second-order valence-electron chi connectivity index (χ2n) is 8.88. The van der Waals surface area contributed by atoms with Gasteiger partial charge in [0, 0.05) is 22.6 Å². The Morgan fingerprint density at radius 1 is 0.806 bits per heavy atom. The Bertz CT molecular complexity index is 1560. The Kier molecular flexibility index (Phi) is 6.29. The van der Waals surface area contributed by atoms with E-state index in [9.17, 15) is 14.0 Å². The monoisotopic (exact) mass is 499 g/mol. The van der Waals surface area contributed by atoms with Crippen LogP contribution in [0.15, 0.2) is 102 Å². The third kappa shape index (κ3) is 4.60. The molecule has 0 N–H and O–H groups in total. The van der Waals surface area contributed by atoms with Crippen LogP contribution in [0.1, 0.15) is 19.4 Å². The second-order valence-corrected chi connectivity index (χ2v) is 10.8. The van der Waals surface area contributed by atoms with E-state index in [-0.39, 0.29) is 17.9 Å². The molecule has 0 saturated heterocycles. The van der Waals surface area contributed by atoms with Crippen LogP contribution in [-0.4, -0.2) is 12.6 Å². The van der Waals surface area contributed by atoms with Crippen LogP contribution >= 0.6 is 10.5 Å². The van der Waals surface area contributed by atoms with E-state index in [1.165, 1.54) is 12.1 Å². The van der Waals surface area contributed by atoms with E-state index in [0.717, 1.165) is 25.1 Å². The zero-order valence-corrected chi connectivity index (χ0v) is 20.7. The summed E-state index contributed by atoms with van der Waals surface area (Å²) in [7, 11) is -0.431. The molecule has 0 amide bonds. The van der Waals surface area contributed by atoms with Crippen molar-refractivity contribution in [3.8, 4) is 10.6 Å². The molecule has 5 rings (SSSR count). The van der Waals surface area contributed by atoms with Crippen molar-refractivity contribution in [2.45, 2.75) is 19.4 Å². The molecule has 0 saturated carbocycles. The minimum absolute atomic E-state index is 0.0481. The van der Waals surface area contributed by atoms with E-state index in [1.54, 1.807) is 26.0 Å². The van der Waals surface area contributed by atoms with Gasteiger partial charge in [-0.1, -0.05) is 36.4 Å². The highest BCUT2D eigenvalue weighted by Gasteiger charge is 2.26. The van der Waals surface area contributed by atoms with Crippen molar-refractivity contribution in [3.05, 3.63) is 119 Å². The number of fused-ring (bicyclic) bond motifs is 2. The first-order valence-electron chi connectivity index (χ1n) is 11.5. The number of ether oxygens (including phenoxy) is 2. The van der Waals surface area contributed by atoms with Crippen LogP contribution in [-0.2, 0) is 15.1 Å². The zero-order valence-electron chi connectivity index (χ0n) is 19.9. The summed E-state index contributed by atoms with van der Waals surface area (Å²) in [6.45, 7) is 3.24. The number of halogens is 1. The van der Waals surface area contributed by atoms with Gasteiger partial charge in [-0.3, -0.25) is 4.79 Å². The SMILES string of the molecule is CC(C)(OC(=O)COc1ccc(-[s+]2c3ccccc3c(=O)c3ccccc32)cc1)c1ccc(F)cc1. The lowest BCUT2D eigenvalue weighted by atomic mass is 9.98. The first kappa shape index (κ1) is 23.7. The highest BCUT2D eigenvalue weighted by atomic mass is 32.2. The number of carbonyl (C=O) groups is 1. The molecular formula is C30H24FO4S+. The number of benzene rings is 4. The molecule has 1 heterocycles. The van der Waals surface area contributed by atoms with Gasteiger partial charge in [0.05, 0.1) is 10.8 Å². The molecule has 0 aliphatic heterocycles. The molecule has 0 radical (unpaired) electrons. The maximum absolute atomic E-state index is 13.2. The molecule has 36 heavy (non-hydrogen) atoms. The van der Waals surface area contributed by atoms with Gasteiger partial charge in [0.2, 0.25) is 5.43 Å². The Labute approximate surface area is 210 Å². The second kappa shape index (κ2) is 9.55. The molecule has 0 aliphatic rings. The maximum atomic E-state index is 13.2. The van der Waals surface area contributed by atoms with Crippen molar-refractivity contribution in [3.63, 3.8) is 0 Å². The molecule has 0 bridgehead atoms. The Balaban J connectivity index is 1.36. The van der Waals surface area contributed by atoms with Gasteiger partial charge in [0.25, 0.3) is 0 Å². The van der Waals surface area contributed by atoms with Gasteiger partial charge < -0.3 is 9.47 Å². The fourth-order valence-electron chi connectivity index (χ4n) is 4.22. The van der Waals surface area contributed by atoms with Crippen molar-refractivity contribution in [2.24, 2.45) is 0 Å². The average molecular weight is 500 g/mol. The molecule has 1 aromatic heterocycles. The van der Waals surface area contributed by atoms with Crippen molar-refractivity contribution >= 4 is 36.6 Å². The normalized spacial score (nSPS) is 11.5. The van der Waals surface area contributed by atoms with Crippen molar-refractivity contribution < 1.29 is 18.7 Å². The molecule has 6 heteroatoms. The van der Waals surface area contributed by atoms with Gasteiger partial charge >= 0.3 is 5.97 Å². The highest BCUT2D eigenvalue weighted by molar-refractivity contribution is 7.49. The first-order valence-corrected chi connectivity index (χ1v) is 12.7. The summed E-state index contributed by atoms with van der Waals surface area (Å²) in [6.07, 6.45) is 0. The molecule has 4 nitrogen and oxygen atoms in total. The van der Waals surface area contributed by atoms with Crippen LogP contribution < -0.4 is 10.2 Å². The summed E-state index contributed by atoms with van der Waals surface area (Å²) in [6, 6.07) is 28.9. The van der Waals surface area contributed by atoms with Crippen LogP contribution in [0.2, 0.25) is 0 Å². The van der Waals surface area contributed by atoms with Crippen LogP contribution in [0, 0.1) is 5.82 Å². The Morgan fingerprint density at radius 2 is 1.36 bits per heavy atom. The minimum atomic E-state index is -0.918. The van der Waals surface area contributed by atoms with Crippen LogP contribution in [0.3, 0.4) is 0 Å². The van der Waals surface area contributed by atoms with Crippen LogP contribution in [0.4, 0.5) is 4.39 Å². The average Bonchev–Trinajstić information content (AvgIpc) is 2.88. The fraction of sp³-hybridized carbons (Fsp3) is 0.133. The van der Waals surface area contributed by atoms with Crippen molar-refractivity contribution in [1.82, 2.24) is 0 Å². The molecule has 0 atom stereocenters. The van der Waals surface area contributed by atoms with Crippen LogP contribution in [0.5, 0.6) is 5.75 Å². The number of hydrogen-bond donors (Lipinski definition) is 0. The number of esters is 1. The summed E-state index contributed by atoms with van der Waals surface area (Å²) < 4.78 is 26.5. The Morgan fingerprint density at radius 3 is 1.94 bits per heavy atom. The molecule has 5 aromatic rings. The van der Waals surface area contributed by atoms with Gasteiger partial charge in [-0.2, -0.15) is 0 Å².